The van der Waals surface area contributed by atoms with E-state index < -0.39 is 0 Å². The Morgan fingerprint density at radius 2 is 2.24 bits per heavy atom. The van der Waals surface area contributed by atoms with Gasteiger partial charge in [-0.05, 0) is 31.5 Å². The Morgan fingerprint density at radius 1 is 1.48 bits per heavy atom. The third-order valence-electron chi connectivity index (χ3n) is 2.96. The van der Waals surface area contributed by atoms with Crippen molar-refractivity contribution in [1.29, 1.82) is 0 Å². The number of fused-ring (bicyclic) bond motifs is 1. The summed E-state index contributed by atoms with van der Waals surface area (Å²) in [4.78, 5) is 14.3. The highest BCUT2D eigenvalue weighted by atomic mass is 79.9. The molecule has 112 valence electrons. The van der Waals surface area contributed by atoms with Crippen LogP contribution in [0.3, 0.4) is 0 Å². The summed E-state index contributed by atoms with van der Waals surface area (Å²) >= 11 is 3.42. The van der Waals surface area contributed by atoms with Gasteiger partial charge in [0.25, 0.3) is 5.91 Å². The molecule has 0 aliphatic rings. The van der Waals surface area contributed by atoms with Gasteiger partial charge in [-0.3, -0.25) is 4.79 Å². The van der Waals surface area contributed by atoms with Crippen LogP contribution in [-0.2, 0) is 9.53 Å². The van der Waals surface area contributed by atoms with Gasteiger partial charge in [-0.15, -0.1) is 10.2 Å². The average molecular weight is 354 g/mol. The molecule has 2 N–H and O–H groups in total. The fourth-order valence-electron chi connectivity index (χ4n) is 1.86. The van der Waals surface area contributed by atoms with Crippen LogP contribution in [0.1, 0.15) is 18.9 Å². The van der Waals surface area contributed by atoms with E-state index in [0.717, 1.165) is 20.9 Å². The fraction of sp³-hybridized carbons (Fsp3) is 0.357. The lowest BCUT2D eigenvalue weighted by Gasteiger charge is -1.98. The average Bonchev–Trinajstić information content (AvgIpc) is 2.72. The van der Waals surface area contributed by atoms with Crippen molar-refractivity contribution in [3.63, 3.8) is 0 Å². The van der Waals surface area contributed by atoms with Crippen LogP contribution in [-0.4, -0.2) is 29.2 Å². The zero-order valence-corrected chi connectivity index (χ0v) is 13.4. The molecule has 0 atom stereocenters. The normalized spacial score (nSPS) is 11.6. The molecule has 1 heterocycles. The van der Waals surface area contributed by atoms with Crippen LogP contribution in [0.25, 0.3) is 10.9 Å². The summed E-state index contributed by atoms with van der Waals surface area (Å²) in [5.74, 6) is -0.491. The van der Waals surface area contributed by atoms with Gasteiger partial charge in [-0.25, -0.2) is 0 Å². The van der Waals surface area contributed by atoms with E-state index in [-0.39, 0.29) is 23.9 Å². The first-order valence-electron chi connectivity index (χ1n) is 6.56. The summed E-state index contributed by atoms with van der Waals surface area (Å²) in [6.45, 7) is 4.67. The number of aromatic hydroxyl groups is 1. The summed E-state index contributed by atoms with van der Waals surface area (Å²) < 4.78 is 6.00. The number of ether oxygens (including phenoxy) is 1. The molecule has 0 aliphatic carbocycles. The Labute approximate surface area is 130 Å². The van der Waals surface area contributed by atoms with Crippen LogP contribution in [0.4, 0.5) is 5.69 Å². The van der Waals surface area contributed by atoms with Gasteiger partial charge in [0.15, 0.2) is 5.69 Å². The van der Waals surface area contributed by atoms with Gasteiger partial charge in [0.1, 0.15) is 0 Å². The third kappa shape index (κ3) is 3.68. The van der Waals surface area contributed by atoms with Crippen LogP contribution in [0.2, 0.25) is 0 Å². The molecule has 0 saturated carbocycles. The molecule has 1 aromatic carbocycles. The SMILES string of the molecule is CCOCCC(=O)N=Nc1c(O)[nH]c2cc(Br)c(C)cc12. The summed E-state index contributed by atoms with van der Waals surface area (Å²) in [5.41, 5.74) is 1.99. The number of halogens is 1. The minimum absolute atomic E-state index is 0.108. The topological polar surface area (TPSA) is 87.0 Å². The number of hydrogen-bond donors (Lipinski definition) is 2. The molecule has 1 aromatic heterocycles. The monoisotopic (exact) mass is 353 g/mol. The molecule has 2 rings (SSSR count). The molecule has 0 radical (unpaired) electrons. The summed E-state index contributed by atoms with van der Waals surface area (Å²) in [7, 11) is 0. The first-order valence-corrected chi connectivity index (χ1v) is 7.35. The van der Waals surface area contributed by atoms with Gasteiger partial charge >= 0.3 is 0 Å². The Kier molecular flexibility index (Phi) is 5.08. The summed E-state index contributed by atoms with van der Waals surface area (Å²) in [5, 5.41) is 18.1. The van der Waals surface area contributed by atoms with E-state index in [0.29, 0.717) is 13.2 Å². The second kappa shape index (κ2) is 6.82. The highest BCUT2D eigenvalue weighted by Crippen LogP contribution is 2.37. The van der Waals surface area contributed by atoms with Crippen molar-refractivity contribution >= 4 is 38.4 Å². The molecule has 7 heteroatoms. The number of rotatable bonds is 5. The van der Waals surface area contributed by atoms with Crippen LogP contribution in [0.15, 0.2) is 26.8 Å². The van der Waals surface area contributed by atoms with E-state index in [1.165, 1.54) is 0 Å². The highest BCUT2D eigenvalue weighted by Gasteiger charge is 2.12. The molecule has 0 spiro atoms. The standard InChI is InChI=1S/C14H16BrN3O3/c1-3-21-5-4-12(19)17-18-13-9-6-8(2)10(15)7-11(9)16-14(13)20/h6-7,16,20H,3-5H2,1-2H3. The zero-order valence-electron chi connectivity index (χ0n) is 11.8. The molecule has 0 aliphatic heterocycles. The quantitative estimate of drug-likeness (QED) is 0.629. The lowest BCUT2D eigenvalue weighted by Crippen LogP contribution is -2.00. The minimum Gasteiger partial charge on any atom is -0.493 e. The number of carbonyl (C=O) groups excluding carboxylic acids is 1. The number of carbonyl (C=O) groups is 1. The van der Waals surface area contributed by atoms with Gasteiger partial charge in [0.05, 0.1) is 18.5 Å². The van der Waals surface area contributed by atoms with Crippen LogP contribution >= 0.6 is 15.9 Å². The van der Waals surface area contributed by atoms with Crippen molar-refractivity contribution in [3.05, 3.63) is 22.2 Å². The molecule has 0 saturated heterocycles. The summed E-state index contributed by atoms with van der Waals surface area (Å²) in [6.07, 6.45) is 0.172. The maximum atomic E-state index is 11.5. The smallest absolute Gasteiger partial charge is 0.267 e. The van der Waals surface area contributed by atoms with E-state index >= 15 is 0 Å². The Balaban J connectivity index is 2.23. The van der Waals surface area contributed by atoms with E-state index in [9.17, 15) is 9.90 Å². The number of H-pyrrole nitrogens is 1. The van der Waals surface area contributed by atoms with Gasteiger partial charge in [0.2, 0.25) is 5.88 Å². The number of aromatic nitrogens is 1. The number of nitrogens with zero attached hydrogens (tertiary/aromatic N) is 2. The Bertz CT molecular complexity index is 694. The molecule has 2 aromatic rings. The number of amides is 1. The van der Waals surface area contributed by atoms with Crippen LogP contribution < -0.4 is 0 Å². The van der Waals surface area contributed by atoms with E-state index in [4.69, 9.17) is 4.74 Å². The molecule has 6 nitrogen and oxygen atoms in total. The summed E-state index contributed by atoms with van der Waals surface area (Å²) in [6, 6.07) is 3.72. The number of azo groups is 1. The lowest BCUT2D eigenvalue weighted by atomic mass is 10.1. The molecule has 0 bridgehead atoms. The minimum atomic E-state index is -0.383. The van der Waals surface area contributed by atoms with Crippen molar-refractivity contribution in [2.75, 3.05) is 13.2 Å². The second-order valence-electron chi connectivity index (χ2n) is 4.51. The molecular weight excluding hydrogens is 338 g/mol. The van der Waals surface area contributed by atoms with E-state index in [2.05, 4.69) is 31.1 Å². The second-order valence-corrected chi connectivity index (χ2v) is 5.36. The number of aryl methyl sites for hydroxylation is 1. The molecule has 0 unspecified atom stereocenters. The van der Waals surface area contributed by atoms with Crippen molar-refractivity contribution in [2.45, 2.75) is 20.3 Å². The highest BCUT2D eigenvalue weighted by molar-refractivity contribution is 9.10. The van der Waals surface area contributed by atoms with E-state index in [1.807, 2.05) is 26.0 Å². The van der Waals surface area contributed by atoms with Crippen molar-refractivity contribution < 1.29 is 14.6 Å². The van der Waals surface area contributed by atoms with Crippen LogP contribution in [0, 0.1) is 6.92 Å². The van der Waals surface area contributed by atoms with E-state index in [1.54, 1.807) is 0 Å². The predicted octanol–water partition coefficient (Wildman–Crippen LogP) is 3.98. The zero-order chi connectivity index (χ0) is 15.4. The maximum absolute atomic E-state index is 11.5. The molecule has 1 amide bonds. The Hall–Kier alpha value is -1.73. The fourth-order valence-corrected chi connectivity index (χ4v) is 2.20. The van der Waals surface area contributed by atoms with Crippen molar-refractivity contribution in [3.8, 4) is 5.88 Å². The number of nitrogens with one attached hydrogen (secondary N) is 1. The third-order valence-corrected chi connectivity index (χ3v) is 3.81. The Morgan fingerprint density at radius 3 is 2.95 bits per heavy atom. The van der Waals surface area contributed by atoms with Gasteiger partial charge < -0.3 is 14.8 Å². The number of hydrogen-bond acceptors (Lipinski definition) is 4. The van der Waals surface area contributed by atoms with Gasteiger partial charge in [-0.2, -0.15) is 0 Å². The molecule has 21 heavy (non-hydrogen) atoms. The molecular formula is C14H16BrN3O3. The first-order chi connectivity index (χ1) is 10.0. The van der Waals surface area contributed by atoms with Crippen molar-refractivity contribution in [1.82, 2.24) is 4.98 Å². The van der Waals surface area contributed by atoms with Crippen molar-refractivity contribution in [2.24, 2.45) is 10.2 Å². The van der Waals surface area contributed by atoms with Gasteiger partial charge in [0, 0.05) is 16.5 Å². The number of aromatic amines is 1. The molecule has 0 fully saturated rings. The number of benzene rings is 1. The first kappa shape index (κ1) is 15.7. The largest absolute Gasteiger partial charge is 0.493 e. The maximum Gasteiger partial charge on any atom is 0.267 e. The predicted molar refractivity (Wildman–Crippen MR) is 83.0 cm³/mol. The van der Waals surface area contributed by atoms with Crippen LogP contribution in [0.5, 0.6) is 5.88 Å². The lowest BCUT2D eigenvalue weighted by molar-refractivity contribution is -0.119. The van der Waals surface area contributed by atoms with Gasteiger partial charge in [-0.1, -0.05) is 15.9 Å².